The Bertz CT molecular complexity index is 2300. The maximum Gasteiger partial charge on any atom is 0.410 e. The van der Waals surface area contributed by atoms with Crippen molar-refractivity contribution in [3.8, 4) is 45.9 Å². The highest BCUT2D eigenvalue weighted by Crippen LogP contribution is 2.56. The van der Waals surface area contributed by atoms with Crippen LogP contribution in [0.2, 0.25) is 5.02 Å². The van der Waals surface area contributed by atoms with Crippen LogP contribution in [0.15, 0.2) is 53.5 Å². The average Bonchev–Trinajstić information content (AvgIpc) is 3.74. The van der Waals surface area contributed by atoms with Gasteiger partial charge in [-0.25, -0.2) is 27.0 Å². The molecule has 0 radical (unpaired) electrons. The van der Waals surface area contributed by atoms with E-state index in [9.17, 15) is 23.6 Å². The summed E-state index contributed by atoms with van der Waals surface area (Å²) in [5, 5.41) is 13.8. The summed E-state index contributed by atoms with van der Waals surface area (Å²) in [5.74, 6) is -6.56. The van der Waals surface area contributed by atoms with Crippen molar-refractivity contribution in [3.63, 3.8) is 0 Å². The molecule has 3 aliphatic heterocycles. The molecule has 15 heteroatoms. The van der Waals surface area contributed by atoms with Crippen LogP contribution in [0.1, 0.15) is 69.2 Å². The number of amides is 1. The molecule has 3 aromatic carbocycles. The van der Waals surface area contributed by atoms with Crippen LogP contribution in [-0.4, -0.2) is 44.9 Å². The van der Waals surface area contributed by atoms with Gasteiger partial charge in [0.2, 0.25) is 11.5 Å². The lowest BCUT2D eigenvalue weighted by Crippen LogP contribution is -2.53. The van der Waals surface area contributed by atoms with Crippen LogP contribution in [0.5, 0.6) is 28.7 Å². The van der Waals surface area contributed by atoms with Crippen molar-refractivity contribution in [3.05, 3.63) is 92.4 Å². The monoisotopic (exact) mass is 750 g/mol. The number of halogens is 5. The molecule has 4 heterocycles. The van der Waals surface area contributed by atoms with Crippen molar-refractivity contribution in [1.29, 1.82) is 5.26 Å². The largest absolute Gasteiger partial charge is 0.480 e. The van der Waals surface area contributed by atoms with E-state index in [-0.39, 0.29) is 40.4 Å². The molecule has 0 bridgehead atoms. The lowest BCUT2D eigenvalue weighted by Gasteiger charge is -2.40. The van der Waals surface area contributed by atoms with Gasteiger partial charge in [0.1, 0.15) is 23.2 Å². The summed E-state index contributed by atoms with van der Waals surface area (Å²) in [6.45, 7) is 5.67. The number of alkyl halides is 2. The van der Waals surface area contributed by atoms with Crippen LogP contribution in [0.4, 0.5) is 22.4 Å². The van der Waals surface area contributed by atoms with E-state index >= 15 is 8.78 Å². The van der Waals surface area contributed by atoms with Gasteiger partial charge in [0.25, 0.3) is 5.92 Å². The maximum atomic E-state index is 16.9. The van der Waals surface area contributed by atoms with E-state index in [0.29, 0.717) is 24.9 Å². The Morgan fingerprint density at radius 3 is 2.45 bits per heavy atom. The molecule has 1 aliphatic carbocycles. The first kappa shape index (κ1) is 34.8. The Kier molecular flexibility index (Phi) is 7.96. The van der Waals surface area contributed by atoms with E-state index in [0.717, 1.165) is 23.0 Å². The molecule has 53 heavy (non-hydrogen) atoms. The van der Waals surface area contributed by atoms with Crippen LogP contribution in [-0.2, 0) is 16.8 Å². The van der Waals surface area contributed by atoms with E-state index in [2.05, 4.69) is 5.10 Å². The van der Waals surface area contributed by atoms with Gasteiger partial charge < -0.3 is 23.8 Å². The second-order valence-corrected chi connectivity index (χ2v) is 15.0. The van der Waals surface area contributed by atoms with E-state index in [4.69, 9.17) is 30.5 Å². The van der Waals surface area contributed by atoms with Crippen molar-refractivity contribution in [1.82, 2.24) is 14.7 Å². The molecular formula is C38H31ClF4N4O6. The Labute approximate surface area is 305 Å². The van der Waals surface area contributed by atoms with Crippen molar-refractivity contribution in [2.75, 3.05) is 6.54 Å². The normalized spacial score (nSPS) is 21.3. The number of nitriles is 1. The zero-order valence-corrected chi connectivity index (χ0v) is 29.4. The molecule has 2 fully saturated rings. The summed E-state index contributed by atoms with van der Waals surface area (Å²) in [7, 11) is 0. The fourth-order valence-electron chi connectivity index (χ4n) is 7.71. The number of hydrogen-bond acceptors (Lipinski definition) is 8. The first-order chi connectivity index (χ1) is 25.1. The van der Waals surface area contributed by atoms with Gasteiger partial charge in [-0.15, -0.1) is 0 Å². The predicted molar refractivity (Wildman–Crippen MR) is 182 cm³/mol. The predicted octanol–water partition coefficient (Wildman–Crippen LogP) is 8.81. The lowest BCUT2D eigenvalue weighted by molar-refractivity contribution is -0.108. The molecule has 274 valence electrons. The first-order valence-electron chi connectivity index (χ1n) is 17.0. The van der Waals surface area contributed by atoms with Crippen LogP contribution < -0.4 is 19.8 Å². The van der Waals surface area contributed by atoms with E-state index in [1.165, 1.54) is 0 Å². The fraction of sp³-hybridized carbons (Fsp3) is 0.368. The van der Waals surface area contributed by atoms with Crippen molar-refractivity contribution in [2.24, 2.45) is 0 Å². The number of carbonyl (C=O) groups is 1. The Morgan fingerprint density at radius 1 is 1.06 bits per heavy atom. The number of ether oxygens (including phenoxy) is 4. The van der Waals surface area contributed by atoms with Gasteiger partial charge in [0, 0.05) is 54.6 Å². The number of benzene rings is 3. The third kappa shape index (κ3) is 5.64. The molecule has 0 spiro atoms. The van der Waals surface area contributed by atoms with Crippen molar-refractivity contribution in [2.45, 2.75) is 82.1 Å². The van der Waals surface area contributed by atoms with Gasteiger partial charge in [0.15, 0.2) is 22.9 Å². The minimum Gasteiger partial charge on any atom is -0.480 e. The van der Waals surface area contributed by atoms with Crippen LogP contribution in [0.25, 0.3) is 11.1 Å². The summed E-state index contributed by atoms with van der Waals surface area (Å²) < 4.78 is 84.7. The molecule has 1 amide bonds. The Balaban J connectivity index is 1.24. The number of hydrogen-bond donors (Lipinski definition) is 0. The van der Waals surface area contributed by atoms with E-state index in [1.807, 2.05) is 36.4 Å². The average molecular weight is 751 g/mol. The minimum atomic E-state index is -2.92. The third-order valence-corrected chi connectivity index (χ3v) is 10.4. The van der Waals surface area contributed by atoms with Gasteiger partial charge in [-0.3, -0.25) is 4.79 Å². The molecule has 0 N–H and O–H groups in total. The highest BCUT2D eigenvalue weighted by molar-refractivity contribution is 6.34. The highest BCUT2D eigenvalue weighted by atomic mass is 35.5. The molecule has 1 aromatic heterocycles. The van der Waals surface area contributed by atoms with Gasteiger partial charge in [-0.2, -0.15) is 10.4 Å². The number of rotatable bonds is 4. The summed E-state index contributed by atoms with van der Waals surface area (Å²) in [4.78, 5) is 28.4. The third-order valence-electron chi connectivity index (χ3n) is 10.0. The molecule has 1 saturated heterocycles. The fourth-order valence-corrected chi connectivity index (χ4v) is 7.97. The van der Waals surface area contributed by atoms with Gasteiger partial charge in [-0.1, -0.05) is 41.9 Å². The maximum absolute atomic E-state index is 16.9. The summed E-state index contributed by atoms with van der Waals surface area (Å²) >= 11 is 6.66. The molecule has 8 rings (SSSR count). The van der Waals surface area contributed by atoms with Crippen LogP contribution >= 0.6 is 11.6 Å². The molecule has 0 unspecified atom stereocenters. The zero-order valence-electron chi connectivity index (χ0n) is 28.6. The topological polar surface area (TPSA) is 116 Å². The number of aromatic nitrogens is 2. The molecule has 4 aliphatic rings. The minimum absolute atomic E-state index is 0.00307. The quantitative estimate of drug-likeness (QED) is 0.168. The first-order valence-corrected chi connectivity index (χ1v) is 17.4. The van der Waals surface area contributed by atoms with Crippen molar-refractivity contribution < 1.29 is 41.3 Å². The second-order valence-electron chi connectivity index (χ2n) is 14.7. The second kappa shape index (κ2) is 12.1. The van der Waals surface area contributed by atoms with Gasteiger partial charge in [-0.05, 0) is 39.2 Å². The summed E-state index contributed by atoms with van der Waals surface area (Å²) in [5.41, 5.74) is -2.89. The van der Waals surface area contributed by atoms with E-state index in [1.54, 1.807) is 25.7 Å². The smallest absolute Gasteiger partial charge is 0.410 e. The molecule has 1 saturated carbocycles. The van der Waals surface area contributed by atoms with E-state index < -0.39 is 87.4 Å². The van der Waals surface area contributed by atoms with Gasteiger partial charge in [0.05, 0.1) is 28.9 Å². The molecular weight excluding hydrogens is 720 g/mol. The number of fused-ring (bicyclic) bond motifs is 3. The zero-order chi connectivity index (χ0) is 37.6. The highest BCUT2D eigenvalue weighted by Gasteiger charge is 2.54. The molecule has 4 aromatic rings. The van der Waals surface area contributed by atoms with Gasteiger partial charge >= 0.3 is 11.7 Å². The summed E-state index contributed by atoms with van der Waals surface area (Å²) in [6, 6.07) is 11.8. The standard InChI is InChI=1S/C38H31ClF4N4O6/c1-36(2,3)53-35(49)46-11-7-10-27(46)38(20-8-5-4-6-9-20)16-22-24(52-38)13-23(40)30(39)29(22)28-19(17-44)12-25-32(31(28)41)51-26-18-45-47(34(48)33(26)50-25)21-14-37(42,43)15-21/h4-6,8-9,12-13,18,21,27H,7,10-11,14-16H2,1-3H3/t27-,38-/m0/s1. The number of nitrogens with zero attached hydrogens (tertiary/aromatic N) is 4. The molecule has 10 nitrogen and oxygen atoms in total. The Hall–Kier alpha value is -5.29. The lowest BCUT2D eigenvalue weighted by atomic mass is 9.79. The number of carbonyl (C=O) groups excluding carboxylic acids is 1. The SMILES string of the molecule is CC(C)(C)OC(=O)N1CCC[C@H]1[C@@]1(c2ccccc2)Cc2c(cc(F)c(Cl)c2-c2c(C#N)cc3c(c2F)Oc2cnn(C4CC(F)(F)C4)c(=O)c2O3)O1. The van der Waals surface area contributed by atoms with Crippen LogP contribution in [0.3, 0.4) is 0 Å². The number of likely N-dealkylation sites (tertiary alicyclic amines) is 1. The summed E-state index contributed by atoms with van der Waals surface area (Å²) in [6.07, 6.45) is 0.479. The van der Waals surface area contributed by atoms with Crippen LogP contribution in [0, 0.1) is 23.0 Å². The Morgan fingerprint density at radius 2 is 1.77 bits per heavy atom. The molecule has 2 atom stereocenters. The van der Waals surface area contributed by atoms with Crippen molar-refractivity contribution >= 4 is 17.7 Å².